The topological polar surface area (TPSA) is 67.8 Å². The Bertz CT molecular complexity index is 675. The normalized spacial score (nSPS) is 11.4. The first-order valence-electron chi connectivity index (χ1n) is 5.41. The monoisotopic (exact) mass is 330 g/mol. The van der Waals surface area contributed by atoms with E-state index in [1.165, 1.54) is 0 Å². The van der Waals surface area contributed by atoms with Gasteiger partial charge in [-0.05, 0) is 30.3 Å². The SMILES string of the molecule is NC(=NO)c1ccc(Cl)cc1Oc1ccc(Cl)cc1Cl. The third kappa shape index (κ3) is 3.28. The smallest absolute Gasteiger partial charge is 0.173 e. The first kappa shape index (κ1) is 14.8. The van der Waals surface area contributed by atoms with E-state index in [1.54, 1.807) is 36.4 Å². The van der Waals surface area contributed by atoms with Crippen molar-refractivity contribution >= 4 is 40.6 Å². The number of oxime groups is 1. The molecule has 3 N–H and O–H groups in total. The second-order valence-electron chi connectivity index (χ2n) is 3.80. The lowest BCUT2D eigenvalue weighted by Crippen LogP contribution is -2.14. The highest BCUT2D eigenvalue weighted by molar-refractivity contribution is 6.35. The minimum atomic E-state index is -0.0956. The summed E-state index contributed by atoms with van der Waals surface area (Å²) in [5, 5.41) is 13.0. The molecule has 2 rings (SSSR count). The summed E-state index contributed by atoms with van der Waals surface area (Å²) in [6.45, 7) is 0. The average molecular weight is 332 g/mol. The number of hydrogen-bond donors (Lipinski definition) is 2. The number of hydrogen-bond acceptors (Lipinski definition) is 3. The number of nitrogens with zero attached hydrogens (tertiary/aromatic N) is 1. The van der Waals surface area contributed by atoms with Crippen LogP contribution in [0.1, 0.15) is 5.56 Å². The van der Waals surface area contributed by atoms with E-state index in [4.69, 9.17) is 50.5 Å². The molecule has 0 fully saturated rings. The summed E-state index contributed by atoms with van der Waals surface area (Å²) in [6, 6.07) is 9.52. The fourth-order valence-corrected chi connectivity index (χ4v) is 2.13. The molecule has 0 amide bonds. The van der Waals surface area contributed by atoms with Crippen LogP contribution in [0.15, 0.2) is 41.6 Å². The van der Waals surface area contributed by atoms with E-state index < -0.39 is 0 Å². The van der Waals surface area contributed by atoms with Crippen LogP contribution in [-0.2, 0) is 0 Å². The minimum Gasteiger partial charge on any atom is -0.455 e. The molecule has 0 aromatic heterocycles. The van der Waals surface area contributed by atoms with Crippen molar-refractivity contribution in [3.63, 3.8) is 0 Å². The average Bonchev–Trinajstić information content (AvgIpc) is 2.41. The van der Waals surface area contributed by atoms with E-state index in [-0.39, 0.29) is 5.84 Å². The molecular weight excluding hydrogens is 323 g/mol. The third-order valence-electron chi connectivity index (χ3n) is 2.44. The molecule has 0 saturated heterocycles. The van der Waals surface area contributed by atoms with Gasteiger partial charge in [-0.3, -0.25) is 0 Å². The Kier molecular flexibility index (Phi) is 4.60. The van der Waals surface area contributed by atoms with E-state index in [0.29, 0.717) is 32.1 Å². The summed E-state index contributed by atoms with van der Waals surface area (Å²) in [6.07, 6.45) is 0. The van der Waals surface area contributed by atoms with Gasteiger partial charge in [0.05, 0.1) is 10.6 Å². The zero-order chi connectivity index (χ0) is 14.7. The van der Waals surface area contributed by atoms with Crippen LogP contribution in [0.5, 0.6) is 11.5 Å². The molecule has 7 heteroatoms. The van der Waals surface area contributed by atoms with Crippen molar-refractivity contribution in [3.05, 3.63) is 57.0 Å². The Labute approximate surface area is 130 Å². The van der Waals surface area contributed by atoms with Crippen molar-refractivity contribution in [2.75, 3.05) is 0 Å². The molecule has 0 radical (unpaired) electrons. The van der Waals surface area contributed by atoms with Crippen molar-refractivity contribution in [2.45, 2.75) is 0 Å². The third-order valence-corrected chi connectivity index (χ3v) is 3.21. The van der Waals surface area contributed by atoms with Gasteiger partial charge in [0, 0.05) is 16.1 Å². The Morgan fingerprint density at radius 3 is 2.30 bits per heavy atom. The number of benzene rings is 2. The van der Waals surface area contributed by atoms with E-state index in [9.17, 15) is 0 Å². The summed E-state index contributed by atoms with van der Waals surface area (Å²) in [4.78, 5) is 0. The van der Waals surface area contributed by atoms with E-state index >= 15 is 0 Å². The van der Waals surface area contributed by atoms with Gasteiger partial charge in [-0.25, -0.2) is 0 Å². The predicted octanol–water partition coefficient (Wildman–Crippen LogP) is 4.53. The standard InChI is InChI=1S/C13H9Cl3N2O2/c14-7-2-4-11(10(16)5-7)20-12-6-8(15)1-3-9(12)13(17)18-19/h1-6,19H,(H2,17,18). The Morgan fingerprint density at radius 1 is 1.00 bits per heavy atom. The lowest BCUT2D eigenvalue weighted by atomic mass is 10.2. The predicted molar refractivity (Wildman–Crippen MR) is 80.5 cm³/mol. The maximum Gasteiger partial charge on any atom is 0.173 e. The van der Waals surface area contributed by atoms with Gasteiger partial charge in [-0.1, -0.05) is 40.0 Å². The van der Waals surface area contributed by atoms with Crippen molar-refractivity contribution in [3.8, 4) is 11.5 Å². The molecule has 2 aromatic carbocycles. The Morgan fingerprint density at radius 2 is 1.65 bits per heavy atom. The maximum absolute atomic E-state index is 8.77. The van der Waals surface area contributed by atoms with Crippen LogP contribution in [0, 0.1) is 0 Å². The molecule has 0 aliphatic heterocycles. The fraction of sp³-hybridized carbons (Fsp3) is 0. The largest absolute Gasteiger partial charge is 0.455 e. The Balaban J connectivity index is 2.44. The molecule has 0 bridgehead atoms. The number of halogens is 3. The van der Waals surface area contributed by atoms with Gasteiger partial charge in [0.2, 0.25) is 0 Å². The molecule has 4 nitrogen and oxygen atoms in total. The number of rotatable bonds is 3. The van der Waals surface area contributed by atoms with Crippen molar-refractivity contribution in [2.24, 2.45) is 10.9 Å². The van der Waals surface area contributed by atoms with Gasteiger partial charge in [0.25, 0.3) is 0 Å². The van der Waals surface area contributed by atoms with Crippen LogP contribution in [0.2, 0.25) is 15.1 Å². The molecule has 0 spiro atoms. The molecule has 2 aromatic rings. The summed E-state index contributed by atoms with van der Waals surface area (Å²) in [5.74, 6) is 0.601. The van der Waals surface area contributed by atoms with Crippen LogP contribution < -0.4 is 10.5 Å². The van der Waals surface area contributed by atoms with Gasteiger partial charge >= 0.3 is 0 Å². The van der Waals surface area contributed by atoms with E-state index in [1.807, 2.05) is 0 Å². The second-order valence-corrected chi connectivity index (χ2v) is 5.08. The van der Waals surface area contributed by atoms with Gasteiger partial charge in [-0.15, -0.1) is 0 Å². The highest BCUT2D eigenvalue weighted by atomic mass is 35.5. The quantitative estimate of drug-likeness (QED) is 0.376. The van der Waals surface area contributed by atoms with E-state index in [0.717, 1.165) is 0 Å². The molecule has 104 valence electrons. The first-order chi connectivity index (χ1) is 9.51. The highest BCUT2D eigenvalue weighted by Gasteiger charge is 2.12. The summed E-state index contributed by atoms with van der Waals surface area (Å²) in [5.41, 5.74) is 5.98. The van der Waals surface area contributed by atoms with E-state index in [2.05, 4.69) is 5.16 Å². The van der Waals surface area contributed by atoms with Crippen molar-refractivity contribution in [1.82, 2.24) is 0 Å². The lowest BCUT2D eigenvalue weighted by molar-refractivity contribution is 0.318. The molecule has 0 saturated carbocycles. The Hall–Kier alpha value is -1.62. The van der Waals surface area contributed by atoms with Gasteiger partial charge in [0.15, 0.2) is 5.84 Å². The van der Waals surface area contributed by atoms with Gasteiger partial charge in [-0.2, -0.15) is 0 Å². The van der Waals surface area contributed by atoms with Crippen LogP contribution in [0.25, 0.3) is 0 Å². The minimum absolute atomic E-state index is 0.0956. The summed E-state index contributed by atoms with van der Waals surface area (Å²) in [7, 11) is 0. The molecule has 0 unspecified atom stereocenters. The van der Waals surface area contributed by atoms with Crippen LogP contribution in [-0.4, -0.2) is 11.0 Å². The van der Waals surface area contributed by atoms with Crippen molar-refractivity contribution in [1.29, 1.82) is 0 Å². The summed E-state index contributed by atoms with van der Waals surface area (Å²) >= 11 is 17.8. The number of amidine groups is 1. The van der Waals surface area contributed by atoms with Crippen LogP contribution in [0.3, 0.4) is 0 Å². The molecule has 0 aliphatic carbocycles. The molecule has 0 atom stereocenters. The molecular formula is C13H9Cl3N2O2. The molecule has 0 aliphatic rings. The number of ether oxygens (including phenoxy) is 1. The fourth-order valence-electron chi connectivity index (χ4n) is 1.52. The van der Waals surface area contributed by atoms with Gasteiger partial charge in [0.1, 0.15) is 11.5 Å². The number of nitrogens with two attached hydrogens (primary N) is 1. The lowest BCUT2D eigenvalue weighted by Gasteiger charge is -2.12. The summed E-state index contributed by atoms with van der Waals surface area (Å²) < 4.78 is 5.65. The second kappa shape index (κ2) is 6.22. The molecule has 20 heavy (non-hydrogen) atoms. The van der Waals surface area contributed by atoms with Gasteiger partial charge < -0.3 is 15.7 Å². The maximum atomic E-state index is 8.77. The zero-order valence-electron chi connectivity index (χ0n) is 9.98. The van der Waals surface area contributed by atoms with Crippen LogP contribution in [0.4, 0.5) is 0 Å². The zero-order valence-corrected chi connectivity index (χ0v) is 12.2. The van der Waals surface area contributed by atoms with Crippen molar-refractivity contribution < 1.29 is 9.94 Å². The molecule has 0 heterocycles. The highest BCUT2D eigenvalue weighted by Crippen LogP contribution is 2.34. The van der Waals surface area contributed by atoms with Crippen LogP contribution >= 0.6 is 34.8 Å². The first-order valence-corrected chi connectivity index (χ1v) is 6.55.